The van der Waals surface area contributed by atoms with Crippen LogP contribution in [0.4, 0.5) is 0 Å². The van der Waals surface area contributed by atoms with Crippen LogP contribution in [-0.2, 0) is 0 Å². The molecule has 4 fully saturated rings. The second-order valence-corrected chi connectivity index (χ2v) is 15.0. The third kappa shape index (κ3) is 4.06. The minimum atomic E-state index is 0.587. The van der Waals surface area contributed by atoms with Gasteiger partial charge in [0.15, 0.2) is 0 Å². The Hall–Kier alpha value is 0.960. The van der Waals surface area contributed by atoms with Crippen LogP contribution in [-0.4, -0.2) is 9.65 Å². The molecule has 0 nitrogen and oxygen atoms in total. The minimum absolute atomic E-state index is 0.587. The van der Waals surface area contributed by atoms with Crippen molar-refractivity contribution >= 4 is 31.9 Å². The summed E-state index contributed by atoms with van der Waals surface area (Å²) in [5.74, 6) is 6.79. The molecular weight excluding hydrogens is 484 g/mol. The second-order valence-electron chi connectivity index (χ2n) is 12.7. The quantitative estimate of drug-likeness (QED) is 0.311. The highest BCUT2D eigenvalue weighted by molar-refractivity contribution is 9.12. The van der Waals surface area contributed by atoms with Crippen LogP contribution in [0.3, 0.4) is 0 Å². The van der Waals surface area contributed by atoms with E-state index in [9.17, 15) is 0 Å². The summed E-state index contributed by atoms with van der Waals surface area (Å²) in [6.07, 6.45) is 16.3. The Balaban J connectivity index is 1.47. The van der Waals surface area contributed by atoms with Crippen molar-refractivity contribution in [1.82, 2.24) is 0 Å². The Kier molecular flexibility index (Phi) is 6.95. The number of rotatable bonds is 5. The molecule has 0 aliphatic heterocycles. The van der Waals surface area contributed by atoms with E-state index in [-0.39, 0.29) is 0 Å². The lowest BCUT2D eigenvalue weighted by Crippen LogP contribution is -2.55. The van der Waals surface area contributed by atoms with Gasteiger partial charge < -0.3 is 0 Å². The topological polar surface area (TPSA) is 0 Å². The molecule has 0 spiro atoms. The Morgan fingerprint density at radius 1 is 0.828 bits per heavy atom. The Labute approximate surface area is 198 Å². The molecular formula is C27H46Br2. The van der Waals surface area contributed by atoms with Crippen LogP contribution in [0.15, 0.2) is 0 Å². The van der Waals surface area contributed by atoms with Crippen molar-refractivity contribution in [2.24, 2.45) is 52.3 Å². The molecule has 0 saturated heterocycles. The molecule has 0 aromatic heterocycles. The summed E-state index contributed by atoms with van der Waals surface area (Å²) >= 11 is 8.04. The third-order valence-corrected chi connectivity index (χ3v) is 13.5. The highest BCUT2D eigenvalue weighted by Gasteiger charge is 2.61. The molecule has 0 aromatic carbocycles. The summed E-state index contributed by atoms with van der Waals surface area (Å²) in [4.78, 5) is 1.36. The first-order chi connectivity index (χ1) is 13.7. The van der Waals surface area contributed by atoms with Gasteiger partial charge in [0.25, 0.3) is 0 Å². The lowest BCUT2D eigenvalue weighted by molar-refractivity contribution is -0.112. The molecule has 2 heteroatoms. The lowest BCUT2D eigenvalue weighted by atomic mass is 9.44. The maximum Gasteiger partial charge on any atom is 0.0276 e. The number of alkyl halides is 2. The van der Waals surface area contributed by atoms with Gasteiger partial charge in [-0.25, -0.2) is 0 Å². The van der Waals surface area contributed by atoms with Gasteiger partial charge in [-0.1, -0.05) is 85.7 Å². The van der Waals surface area contributed by atoms with Crippen LogP contribution in [0.25, 0.3) is 0 Å². The zero-order valence-electron chi connectivity index (χ0n) is 19.7. The summed E-state index contributed by atoms with van der Waals surface area (Å²) in [7, 11) is 0. The van der Waals surface area contributed by atoms with Gasteiger partial charge in [0, 0.05) is 9.65 Å². The van der Waals surface area contributed by atoms with Gasteiger partial charge in [-0.2, -0.15) is 0 Å². The third-order valence-electron chi connectivity index (χ3n) is 10.8. The largest absolute Gasteiger partial charge is 0.0878 e. The van der Waals surface area contributed by atoms with Crippen molar-refractivity contribution in [3.8, 4) is 0 Å². The van der Waals surface area contributed by atoms with Crippen LogP contribution in [0.1, 0.15) is 105 Å². The van der Waals surface area contributed by atoms with E-state index in [4.69, 9.17) is 0 Å². The fourth-order valence-corrected chi connectivity index (χ4v) is 10.8. The van der Waals surface area contributed by atoms with E-state index in [2.05, 4.69) is 66.5 Å². The van der Waals surface area contributed by atoms with Crippen molar-refractivity contribution in [2.75, 3.05) is 0 Å². The van der Waals surface area contributed by atoms with Gasteiger partial charge in [-0.05, 0) is 104 Å². The summed E-state index contributed by atoms with van der Waals surface area (Å²) < 4.78 is 0. The number of hydrogen-bond donors (Lipinski definition) is 0. The van der Waals surface area contributed by atoms with Crippen LogP contribution >= 0.6 is 31.9 Å². The van der Waals surface area contributed by atoms with E-state index in [0.717, 1.165) is 41.4 Å². The van der Waals surface area contributed by atoms with Gasteiger partial charge in [0.2, 0.25) is 0 Å². The molecule has 0 bridgehead atoms. The van der Waals surface area contributed by atoms with E-state index in [0.29, 0.717) is 20.5 Å². The number of fused-ring (bicyclic) bond motifs is 5. The van der Waals surface area contributed by atoms with Crippen molar-refractivity contribution < 1.29 is 0 Å². The van der Waals surface area contributed by atoms with Crippen LogP contribution in [0.2, 0.25) is 0 Å². The molecule has 4 saturated carbocycles. The maximum absolute atomic E-state index is 4.05. The van der Waals surface area contributed by atoms with Crippen LogP contribution in [0.5, 0.6) is 0 Å². The normalized spacial score (nSPS) is 50.7. The predicted octanol–water partition coefficient (Wildman–Crippen LogP) is 9.24. The summed E-state index contributed by atoms with van der Waals surface area (Å²) in [6.45, 7) is 12.8. The molecule has 10 atom stereocenters. The van der Waals surface area contributed by atoms with Crippen molar-refractivity contribution in [3.63, 3.8) is 0 Å². The zero-order valence-corrected chi connectivity index (χ0v) is 22.9. The van der Waals surface area contributed by atoms with Crippen molar-refractivity contribution in [2.45, 2.75) is 115 Å². The molecule has 0 unspecified atom stereocenters. The first kappa shape index (κ1) is 23.1. The summed E-state index contributed by atoms with van der Waals surface area (Å²) in [6, 6.07) is 0. The standard InChI is InChI=1S/C27H46Br2/c1-17(2)7-6-8-18(3)21-11-12-22-20-10-9-19-15-24(28)25(29)16-27(19,5)23(20)13-14-26(21,22)4/h17-25H,6-16H2,1-5H3/t18-,19+,20+,21-,22+,23+,24-,25-,26-,27+/m1/s1. The highest BCUT2D eigenvalue weighted by Crippen LogP contribution is 2.68. The molecule has 0 aromatic rings. The average molecular weight is 530 g/mol. The van der Waals surface area contributed by atoms with Gasteiger partial charge in [-0.3, -0.25) is 0 Å². The minimum Gasteiger partial charge on any atom is -0.0878 e. The first-order valence-electron chi connectivity index (χ1n) is 12.9. The van der Waals surface area contributed by atoms with Crippen LogP contribution in [0, 0.1) is 52.3 Å². The number of hydrogen-bond acceptors (Lipinski definition) is 0. The summed E-state index contributed by atoms with van der Waals surface area (Å²) in [5.41, 5.74) is 1.23. The second kappa shape index (κ2) is 8.72. The molecule has 29 heavy (non-hydrogen) atoms. The van der Waals surface area contributed by atoms with Crippen molar-refractivity contribution in [3.05, 3.63) is 0 Å². The Morgan fingerprint density at radius 3 is 2.28 bits per heavy atom. The smallest absolute Gasteiger partial charge is 0.0276 e. The molecule has 0 heterocycles. The van der Waals surface area contributed by atoms with Crippen LogP contribution < -0.4 is 0 Å². The van der Waals surface area contributed by atoms with E-state index in [1.807, 2.05) is 0 Å². The van der Waals surface area contributed by atoms with Gasteiger partial charge in [0.05, 0.1) is 0 Å². The predicted molar refractivity (Wildman–Crippen MR) is 134 cm³/mol. The summed E-state index contributed by atoms with van der Waals surface area (Å²) in [5, 5.41) is 0. The Morgan fingerprint density at radius 2 is 1.55 bits per heavy atom. The Bertz CT molecular complexity index is 573. The van der Waals surface area contributed by atoms with E-state index >= 15 is 0 Å². The van der Waals surface area contributed by atoms with Gasteiger partial charge >= 0.3 is 0 Å². The molecule has 4 aliphatic rings. The van der Waals surface area contributed by atoms with Gasteiger partial charge in [0.1, 0.15) is 0 Å². The fourth-order valence-electron chi connectivity index (χ4n) is 9.23. The average Bonchev–Trinajstić information content (AvgIpc) is 3.00. The SMILES string of the molecule is CC(C)CCC[C@@H](C)[C@H]1CC[C@H]2[C@@H]3CC[C@H]4C[C@@H](Br)[C@H](Br)C[C@]4(C)[C@H]3CC[C@]12C. The van der Waals surface area contributed by atoms with E-state index < -0.39 is 0 Å². The van der Waals surface area contributed by atoms with Crippen molar-refractivity contribution in [1.29, 1.82) is 0 Å². The zero-order chi connectivity index (χ0) is 21.0. The molecule has 0 N–H and O–H groups in total. The number of halogens is 2. The molecule has 0 amide bonds. The molecule has 4 rings (SSSR count). The molecule has 4 aliphatic carbocycles. The van der Waals surface area contributed by atoms with Gasteiger partial charge in [-0.15, -0.1) is 0 Å². The maximum atomic E-state index is 4.05. The van der Waals surface area contributed by atoms with E-state index in [1.165, 1.54) is 70.6 Å². The fraction of sp³-hybridized carbons (Fsp3) is 1.00. The monoisotopic (exact) mass is 528 g/mol. The lowest BCUT2D eigenvalue weighted by Gasteiger charge is -2.62. The molecule has 0 radical (unpaired) electrons. The molecule has 168 valence electrons. The highest BCUT2D eigenvalue weighted by atomic mass is 79.9. The first-order valence-corrected chi connectivity index (χ1v) is 14.8. The van der Waals surface area contributed by atoms with E-state index in [1.54, 1.807) is 0 Å².